The zero-order valence-corrected chi connectivity index (χ0v) is 24.4. The first-order valence-electron chi connectivity index (χ1n) is 12.7. The summed E-state index contributed by atoms with van der Waals surface area (Å²) in [5.41, 5.74) is 0.751. The number of rotatable bonds is 12. The zero-order chi connectivity index (χ0) is 29.4. The van der Waals surface area contributed by atoms with Crippen molar-refractivity contribution in [3.63, 3.8) is 0 Å². The summed E-state index contributed by atoms with van der Waals surface area (Å²) < 4.78 is 47.3. The first kappa shape index (κ1) is 30.9. The second-order valence-corrected chi connectivity index (χ2v) is 11.9. The molecule has 1 N–H and O–H groups in total. The molecule has 0 saturated heterocycles. The van der Waals surface area contributed by atoms with Crippen LogP contribution in [-0.4, -0.2) is 51.4 Å². The summed E-state index contributed by atoms with van der Waals surface area (Å²) in [7, 11) is -2.82. The van der Waals surface area contributed by atoms with E-state index in [1.54, 1.807) is 31.2 Å². The predicted molar refractivity (Wildman–Crippen MR) is 153 cm³/mol. The fraction of sp³-hybridized carbons (Fsp3) is 0.310. The van der Waals surface area contributed by atoms with Crippen molar-refractivity contribution in [2.45, 2.75) is 38.3 Å². The third-order valence-corrected chi connectivity index (χ3v) is 8.16. The first-order chi connectivity index (χ1) is 18.9. The molecule has 0 saturated carbocycles. The summed E-state index contributed by atoms with van der Waals surface area (Å²) in [4.78, 5) is 28.1. The molecule has 0 bridgehead atoms. The minimum Gasteiger partial charge on any atom is -0.497 e. The lowest BCUT2D eigenvalue weighted by Crippen LogP contribution is -2.51. The van der Waals surface area contributed by atoms with Gasteiger partial charge in [-0.1, -0.05) is 37.6 Å². The van der Waals surface area contributed by atoms with Gasteiger partial charge in [-0.15, -0.1) is 0 Å². The van der Waals surface area contributed by atoms with Crippen LogP contribution >= 0.6 is 11.6 Å². The molecule has 0 spiro atoms. The maximum atomic E-state index is 13.9. The molecule has 8 nitrogen and oxygen atoms in total. The summed E-state index contributed by atoms with van der Waals surface area (Å²) in [6.07, 6.45) is 0. The number of benzene rings is 3. The number of ether oxygens (including phenoxy) is 1. The van der Waals surface area contributed by atoms with Gasteiger partial charge in [0.15, 0.2) is 0 Å². The summed E-state index contributed by atoms with van der Waals surface area (Å²) >= 11 is 6.15. The number of anilines is 1. The lowest BCUT2D eigenvalue weighted by atomic mass is 10.1. The van der Waals surface area contributed by atoms with Gasteiger partial charge >= 0.3 is 0 Å². The van der Waals surface area contributed by atoms with Crippen molar-refractivity contribution in [2.75, 3.05) is 24.5 Å². The Morgan fingerprint density at radius 2 is 1.65 bits per heavy atom. The quantitative estimate of drug-likeness (QED) is 0.325. The van der Waals surface area contributed by atoms with Crippen molar-refractivity contribution < 1.29 is 27.1 Å². The van der Waals surface area contributed by atoms with Crippen molar-refractivity contribution in [3.05, 3.63) is 89.2 Å². The third-order valence-electron chi connectivity index (χ3n) is 6.13. The molecule has 3 aromatic carbocycles. The minimum atomic E-state index is -4.28. The smallest absolute Gasteiger partial charge is 0.264 e. The molecule has 11 heteroatoms. The Bertz CT molecular complexity index is 1420. The van der Waals surface area contributed by atoms with Crippen LogP contribution < -0.4 is 14.4 Å². The molecular weight excluding hydrogens is 557 g/mol. The number of methoxy groups -OCH3 is 1. The average molecular weight is 590 g/mol. The Balaban J connectivity index is 2.01. The van der Waals surface area contributed by atoms with Crippen molar-refractivity contribution in [1.82, 2.24) is 10.2 Å². The van der Waals surface area contributed by atoms with Gasteiger partial charge in [0, 0.05) is 18.1 Å². The van der Waals surface area contributed by atoms with Gasteiger partial charge < -0.3 is 15.0 Å². The molecule has 0 fully saturated rings. The standard InChI is InChI=1S/C29H33ClFN3O5S/c1-20(2)17-32-29(36)21(3)33(18-22-6-5-7-23(30)16-22)28(35)19-34(25-10-8-24(31)9-11-25)40(37,38)27-14-12-26(39-4)13-15-27/h5-16,20-21H,17-19H2,1-4H3,(H,32,36)/t21-/m0/s1. The van der Waals surface area contributed by atoms with E-state index in [-0.39, 0.29) is 29.0 Å². The molecule has 0 aromatic heterocycles. The molecule has 0 unspecified atom stereocenters. The topological polar surface area (TPSA) is 96.0 Å². The van der Waals surface area contributed by atoms with E-state index in [0.29, 0.717) is 22.9 Å². The Hall–Kier alpha value is -3.63. The van der Waals surface area contributed by atoms with Crippen LogP contribution in [0.3, 0.4) is 0 Å². The molecule has 0 heterocycles. The van der Waals surface area contributed by atoms with E-state index in [0.717, 1.165) is 16.4 Å². The maximum absolute atomic E-state index is 13.9. The predicted octanol–water partition coefficient (Wildman–Crippen LogP) is 4.87. The zero-order valence-electron chi connectivity index (χ0n) is 22.8. The van der Waals surface area contributed by atoms with Crippen LogP contribution in [0, 0.1) is 11.7 Å². The van der Waals surface area contributed by atoms with Crippen LogP contribution in [0.4, 0.5) is 10.1 Å². The van der Waals surface area contributed by atoms with Crippen LogP contribution in [0.5, 0.6) is 5.75 Å². The van der Waals surface area contributed by atoms with Crippen molar-refractivity contribution in [1.29, 1.82) is 0 Å². The largest absolute Gasteiger partial charge is 0.497 e. The normalized spacial score (nSPS) is 12.1. The van der Waals surface area contributed by atoms with Gasteiger partial charge in [0.1, 0.15) is 24.2 Å². The van der Waals surface area contributed by atoms with Crippen molar-refractivity contribution >= 4 is 39.1 Å². The van der Waals surface area contributed by atoms with E-state index in [4.69, 9.17) is 16.3 Å². The second kappa shape index (κ2) is 13.6. The molecular formula is C29H33ClFN3O5S. The van der Waals surface area contributed by atoms with Gasteiger partial charge in [-0.05, 0) is 79.1 Å². The van der Waals surface area contributed by atoms with E-state index in [9.17, 15) is 22.4 Å². The highest BCUT2D eigenvalue weighted by molar-refractivity contribution is 7.92. The lowest BCUT2D eigenvalue weighted by Gasteiger charge is -2.32. The van der Waals surface area contributed by atoms with E-state index >= 15 is 0 Å². The fourth-order valence-corrected chi connectivity index (χ4v) is 5.51. The number of nitrogens with one attached hydrogen (secondary N) is 1. The van der Waals surface area contributed by atoms with Gasteiger partial charge in [0.25, 0.3) is 10.0 Å². The summed E-state index contributed by atoms with van der Waals surface area (Å²) in [5.74, 6) is -0.923. The van der Waals surface area contributed by atoms with Crippen LogP contribution in [-0.2, 0) is 26.2 Å². The molecule has 214 valence electrons. The van der Waals surface area contributed by atoms with Crippen LogP contribution in [0.1, 0.15) is 26.3 Å². The Kier molecular flexibility index (Phi) is 10.5. The molecule has 3 aromatic rings. The van der Waals surface area contributed by atoms with Crippen LogP contribution in [0.15, 0.2) is 77.7 Å². The Labute approximate surface area is 239 Å². The number of hydrogen-bond donors (Lipinski definition) is 1. The number of halogens is 2. The second-order valence-electron chi connectivity index (χ2n) is 9.63. The lowest BCUT2D eigenvalue weighted by molar-refractivity contribution is -0.139. The highest BCUT2D eigenvalue weighted by Crippen LogP contribution is 2.26. The highest BCUT2D eigenvalue weighted by Gasteiger charge is 2.32. The van der Waals surface area contributed by atoms with E-state index < -0.39 is 34.3 Å². The van der Waals surface area contributed by atoms with Crippen LogP contribution in [0.2, 0.25) is 5.02 Å². The number of carbonyl (C=O) groups is 2. The maximum Gasteiger partial charge on any atom is 0.264 e. The minimum absolute atomic E-state index is 0.00942. The SMILES string of the molecule is COc1ccc(S(=O)(=O)N(CC(=O)N(Cc2cccc(Cl)c2)[C@@H](C)C(=O)NCC(C)C)c2ccc(F)cc2)cc1. The number of hydrogen-bond acceptors (Lipinski definition) is 5. The molecule has 1 atom stereocenters. The third kappa shape index (κ3) is 7.95. The summed E-state index contributed by atoms with van der Waals surface area (Å²) in [5, 5.41) is 3.28. The van der Waals surface area contributed by atoms with Gasteiger partial charge in [-0.25, -0.2) is 12.8 Å². The molecule has 0 aliphatic carbocycles. The van der Waals surface area contributed by atoms with Gasteiger partial charge in [-0.2, -0.15) is 0 Å². The van der Waals surface area contributed by atoms with E-state index in [1.165, 1.54) is 48.4 Å². The fourth-order valence-electron chi connectivity index (χ4n) is 3.88. The average Bonchev–Trinajstić information content (AvgIpc) is 2.93. The van der Waals surface area contributed by atoms with E-state index in [2.05, 4.69) is 5.32 Å². The van der Waals surface area contributed by atoms with Gasteiger partial charge in [0.2, 0.25) is 11.8 Å². The molecule has 2 amide bonds. The Morgan fingerprint density at radius 1 is 1.00 bits per heavy atom. The molecule has 3 rings (SSSR count). The van der Waals surface area contributed by atoms with Crippen molar-refractivity contribution in [2.24, 2.45) is 5.92 Å². The number of carbonyl (C=O) groups excluding carboxylic acids is 2. The Morgan fingerprint density at radius 3 is 2.23 bits per heavy atom. The molecule has 0 aliphatic heterocycles. The highest BCUT2D eigenvalue weighted by atomic mass is 35.5. The van der Waals surface area contributed by atoms with Gasteiger partial charge in [-0.3, -0.25) is 13.9 Å². The van der Waals surface area contributed by atoms with Gasteiger partial charge in [0.05, 0.1) is 17.7 Å². The molecule has 40 heavy (non-hydrogen) atoms. The number of sulfonamides is 1. The van der Waals surface area contributed by atoms with Crippen LogP contribution in [0.25, 0.3) is 0 Å². The number of nitrogens with zero attached hydrogens (tertiary/aromatic N) is 2. The number of amides is 2. The molecule has 0 radical (unpaired) electrons. The van der Waals surface area contributed by atoms with E-state index in [1.807, 2.05) is 13.8 Å². The summed E-state index contributed by atoms with van der Waals surface area (Å²) in [6, 6.07) is 16.4. The summed E-state index contributed by atoms with van der Waals surface area (Å²) in [6.45, 7) is 5.26. The monoisotopic (exact) mass is 589 g/mol. The molecule has 0 aliphatic rings. The first-order valence-corrected chi connectivity index (χ1v) is 14.5. The van der Waals surface area contributed by atoms with Crippen molar-refractivity contribution in [3.8, 4) is 5.75 Å².